The molecule has 0 atom stereocenters. The predicted octanol–water partition coefficient (Wildman–Crippen LogP) is 1.81. The minimum Gasteiger partial charge on any atom is -0.298 e. The smallest absolute Gasteiger partial charge is 0.150 e. The van der Waals surface area contributed by atoms with Gasteiger partial charge in [-0.15, -0.1) is 0 Å². The molecule has 46 valence electrons. The van der Waals surface area contributed by atoms with Crippen LogP contribution in [-0.4, -0.2) is 6.29 Å². The normalized spacial score (nSPS) is 15.3. The fraction of sp³-hybridized carbons (Fsp3) is 0.125. The quantitative estimate of drug-likeness (QED) is 0.520. The van der Waals surface area contributed by atoms with Crippen molar-refractivity contribution < 1.29 is 8.91 Å². The Bertz CT molecular complexity index is 291. The molecule has 0 aliphatic rings. The first-order valence-corrected chi connectivity index (χ1v) is 2.60. The minimum atomic E-state index is -2.13. The topological polar surface area (TPSA) is 17.1 Å². The third-order valence-corrected chi connectivity index (χ3v) is 1.02. The van der Waals surface area contributed by atoms with E-state index in [0.717, 1.165) is 0 Å². The lowest BCUT2D eigenvalue weighted by Gasteiger charge is -1.89. The van der Waals surface area contributed by atoms with Crippen molar-refractivity contribution in [1.29, 1.82) is 0 Å². The van der Waals surface area contributed by atoms with Gasteiger partial charge in [0, 0.05) is 9.68 Å². The summed E-state index contributed by atoms with van der Waals surface area (Å²) in [5.74, 6) is 0. The van der Waals surface area contributed by atoms with Gasteiger partial charge < -0.3 is 0 Å². The fourth-order valence-electron chi connectivity index (χ4n) is 0.612. The fourth-order valence-corrected chi connectivity index (χ4v) is 0.612. The molecule has 1 rings (SSSR count). The monoisotopic (exact) mass is 123 g/mol. The number of rotatable bonds is 1. The molecule has 0 saturated carbocycles. The van der Waals surface area contributed by atoms with E-state index in [2.05, 4.69) is 0 Å². The maximum absolute atomic E-state index is 10.3. The molecule has 0 unspecified atom stereocenters. The van der Waals surface area contributed by atoms with Gasteiger partial charge >= 0.3 is 0 Å². The molecule has 0 saturated heterocycles. The Morgan fingerprint density at radius 1 is 1.67 bits per heavy atom. The van der Waals surface area contributed by atoms with Gasteiger partial charge in [0.25, 0.3) is 0 Å². The van der Waals surface area contributed by atoms with Gasteiger partial charge in [0.1, 0.15) is 6.29 Å². The molecule has 0 spiro atoms. The molecule has 0 aliphatic heterocycles. The van der Waals surface area contributed by atoms with Gasteiger partial charge in [-0.1, -0.05) is 23.8 Å². The highest BCUT2D eigenvalue weighted by molar-refractivity contribution is 5.74. The van der Waals surface area contributed by atoms with Gasteiger partial charge in [-0.2, -0.15) is 0 Å². The summed E-state index contributed by atoms with van der Waals surface area (Å²) in [6.45, 7) is -2.13. The summed E-state index contributed by atoms with van der Waals surface area (Å²) in [5.41, 5.74) is 0.593. The molecule has 0 aliphatic carbocycles. The third-order valence-electron chi connectivity index (χ3n) is 1.02. The molecule has 1 aromatic rings. The summed E-state index contributed by atoms with van der Waals surface area (Å²) < 4.78 is 21.2. The van der Waals surface area contributed by atoms with Crippen LogP contribution in [0.1, 0.15) is 20.0 Å². The largest absolute Gasteiger partial charge is 0.298 e. The zero-order valence-corrected chi connectivity index (χ0v) is 4.79. The van der Waals surface area contributed by atoms with Crippen molar-refractivity contribution in [1.82, 2.24) is 0 Å². The molecule has 1 aromatic carbocycles. The van der Waals surface area contributed by atoms with Crippen LogP contribution in [0, 0.1) is 6.85 Å². The lowest BCUT2D eigenvalue weighted by Crippen LogP contribution is -1.78. The number of carbonyl (C=O) groups excluding carboxylic acids is 1. The SMILES string of the molecule is [2H]C([2H])([2H])c1cccc(C=O)c1. The predicted molar refractivity (Wildman–Crippen MR) is 36.6 cm³/mol. The summed E-state index contributed by atoms with van der Waals surface area (Å²) in [5, 5.41) is 0. The van der Waals surface area contributed by atoms with E-state index in [1.165, 1.54) is 12.1 Å². The van der Waals surface area contributed by atoms with E-state index in [1.54, 1.807) is 12.1 Å². The Hall–Kier alpha value is -1.11. The standard InChI is InChI=1S/C8H8O/c1-7-3-2-4-8(5-7)6-9/h2-6H,1H3/i1D3. The molecule has 0 bridgehead atoms. The van der Waals surface area contributed by atoms with Crippen molar-refractivity contribution in [3.63, 3.8) is 0 Å². The summed E-state index contributed by atoms with van der Waals surface area (Å²) in [7, 11) is 0. The molecule has 0 radical (unpaired) electrons. The van der Waals surface area contributed by atoms with E-state index in [1.807, 2.05) is 0 Å². The molecule has 0 N–H and O–H groups in total. The highest BCUT2D eigenvalue weighted by atomic mass is 16.1. The van der Waals surface area contributed by atoms with Crippen LogP contribution in [0.3, 0.4) is 0 Å². The summed E-state index contributed by atoms with van der Waals surface area (Å²) in [6.07, 6.45) is 0.634. The molecule has 9 heavy (non-hydrogen) atoms. The van der Waals surface area contributed by atoms with E-state index in [0.29, 0.717) is 11.8 Å². The van der Waals surface area contributed by atoms with Crippen LogP contribution in [-0.2, 0) is 0 Å². The van der Waals surface area contributed by atoms with Gasteiger partial charge in [0.05, 0.1) is 0 Å². The number of aryl methyl sites for hydroxylation is 1. The maximum Gasteiger partial charge on any atom is 0.150 e. The van der Waals surface area contributed by atoms with E-state index >= 15 is 0 Å². The number of benzene rings is 1. The lowest BCUT2D eigenvalue weighted by molar-refractivity contribution is 0.112. The number of hydrogen-bond donors (Lipinski definition) is 0. The summed E-state index contributed by atoms with van der Waals surface area (Å²) in [6, 6.07) is 5.99. The highest BCUT2D eigenvalue weighted by Crippen LogP contribution is 1.99. The van der Waals surface area contributed by atoms with Gasteiger partial charge in [0.15, 0.2) is 0 Å². The van der Waals surface area contributed by atoms with Crippen LogP contribution in [0.5, 0.6) is 0 Å². The van der Waals surface area contributed by atoms with E-state index < -0.39 is 6.85 Å². The minimum absolute atomic E-state index is 0.201. The second kappa shape index (κ2) is 2.44. The van der Waals surface area contributed by atoms with E-state index in [9.17, 15) is 4.79 Å². The van der Waals surface area contributed by atoms with Crippen LogP contribution in [0.4, 0.5) is 0 Å². The summed E-state index contributed by atoms with van der Waals surface area (Å²) >= 11 is 0. The Morgan fingerprint density at radius 3 is 3.22 bits per heavy atom. The Kier molecular flexibility index (Phi) is 0.858. The third kappa shape index (κ3) is 1.39. The van der Waals surface area contributed by atoms with E-state index in [-0.39, 0.29) is 5.56 Å². The average molecular weight is 123 g/mol. The molecular weight excluding hydrogens is 112 g/mol. The number of aldehydes is 1. The molecule has 1 nitrogen and oxygen atoms in total. The Labute approximate surface area is 58.5 Å². The van der Waals surface area contributed by atoms with Crippen molar-refractivity contribution in [2.75, 3.05) is 0 Å². The molecule has 0 aromatic heterocycles. The lowest BCUT2D eigenvalue weighted by atomic mass is 10.2. The second-order valence-corrected chi connectivity index (χ2v) is 1.74. The molecule has 0 amide bonds. The van der Waals surface area contributed by atoms with Gasteiger partial charge in [-0.25, -0.2) is 0 Å². The van der Waals surface area contributed by atoms with Gasteiger partial charge in [0.2, 0.25) is 0 Å². The zero-order chi connectivity index (χ0) is 9.19. The van der Waals surface area contributed by atoms with Gasteiger partial charge in [-0.3, -0.25) is 4.79 Å². The molecule has 0 heterocycles. The van der Waals surface area contributed by atoms with Crippen LogP contribution in [0.15, 0.2) is 24.3 Å². The summed E-state index contributed by atoms with van der Waals surface area (Å²) in [4.78, 5) is 10.3. The first-order chi connectivity index (χ1) is 5.54. The molecular formula is C8H8O. The van der Waals surface area contributed by atoms with E-state index in [4.69, 9.17) is 4.11 Å². The first kappa shape index (κ1) is 3.16. The second-order valence-electron chi connectivity index (χ2n) is 1.74. The highest BCUT2D eigenvalue weighted by Gasteiger charge is 1.86. The maximum atomic E-state index is 10.3. The van der Waals surface area contributed by atoms with Crippen LogP contribution >= 0.6 is 0 Å². The van der Waals surface area contributed by atoms with Crippen LogP contribution in [0.2, 0.25) is 0 Å². The Morgan fingerprint density at radius 2 is 2.56 bits per heavy atom. The number of hydrogen-bond acceptors (Lipinski definition) is 1. The van der Waals surface area contributed by atoms with Crippen molar-refractivity contribution in [2.24, 2.45) is 0 Å². The van der Waals surface area contributed by atoms with Crippen molar-refractivity contribution in [2.45, 2.75) is 6.85 Å². The average Bonchev–Trinajstić information content (AvgIpc) is 2.03. The van der Waals surface area contributed by atoms with Crippen LogP contribution < -0.4 is 0 Å². The molecule has 1 heteroatoms. The van der Waals surface area contributed by atoms with Gasteiger partial charge in [-0.05, 0) is 12.9 Å². The van der Waals surface area contributed by atoms with Crippen molar-refractivity contribution in [3.05, 3.63) is 35.4 Å². The zero-order valence-electron chi connectivity index (χ0n) is 7.79. The van der Waals surface area contributed by atoms with Crippen molar-refractivity contribution >= 4 is 6.29 Å². The first-order valence-electron chi connectivity index (χ1n) is 4.10. The van der Waals surface area contributed by atoms with Crippen molar-refractivity contribution in [3.8, 4) is 0 Å². The number of carbonyl (C=O) groups is 1. The molecule has 0 fully saturated rings. The van der Waals surface area contributed by atoms with Crippen LogP contribution in [0.25, 0.3) is 0 Å². The Balaban J connectivity index is 3.10.